The average Bonchev–Trinajstić information content (AvgIpc) is 3.06. The molecule has 0 aliphatic heterocycles. The molecule has 3 saturated carbocycles. The zero-order valence-corrected chi connectivity index (χ0v) is 18.0. The van der Waals surface area contributed by atoms with Crippen LogP contribution in [0.3, 0.4) is 0 Å². The molecule has 6 atom stereocenters. The summed E-state index contributed by atoms with van der Waals surface area (Å²) < 4.78 is 5.61. The standard InChI is InChI=1S/C26H33NO2/c1-17(28)29-20-10-12-25(2)19(15-20)6-7-21-23-9-8-22(18-5-4-14-27-16-18)26(23,3)13-11-24(21)25/h4-5,8-9,14,16,19-21,24H,6-7,10-13,15H2,1-3H3/t19-,20?,21-,24-,25-,26+/m0/s1. The molecule has 0 saturated heterocycles. The number of carbonyl (C=O) groups excluding carboxylic acids is 1. The van der Waals surface area contributed by atoms with Crippen molar-refractivity contribution < 1.29 is 9.53 Å². The zero-order chi connectivity index (χ0) is 20.2. The number of pyridine rings is 1. The average molecular weight is 392 g/mol. The Morgan fingerprint density at radius 1 is 1.14 bits per heavy atom. The van der Waals surface area contributed by atoms with Crippen LogP contribution in [0.4, 0.5) is 0 Å². The number of fused-ring (bicyclic) bond motifs is 5. The van der Waals surface area contributed by atoms with Crippen LogP contribution in [0.5, 0.6) is 0 Å². The number of aromatic nitrogens is 1. The molecule has 3 fully saturated rings. The molecule has 0 bridgehead atoms. The molecule has 1 heterocycles. The van der Waals surface area contributed by atoms with Crippen molar-refractivity contribution in [3.8, 4) is 0 Å². The van der Waals surface area contributed by atoms with Gasteiger partial charge in [0.15, 0.2) is 0 Å². The lowest BCUT2D eigenvalue weighted by Crippen LogP contribution is -2.51. The number of nitrogens with zero attached hydrogens (tertiary/aromatic N) is 1. The van der Waals surface area contributed by atoms with E-state index in [0.29, 0.717) is 17.3 Å². The van der Waals surface area contributed by atoms with E-state index in [2.05, 4.69) is 43.1 Å². The number of hydrogen-bond donors (Lipinski definition) is 0. The quantitative estimate of drug-likeness (QED) is 0.583. The maximum Gasteiger partial charge on any atom is 0.302 e. The predicted octanol–water partition coefficient (Wildman–Crippen LogP) is 5.97. The maximum atomic E-state index is 11.4. The third kappa shape index (κ3) is 2.92. The number of esters is 1. The van der Waals surface area contributed by atoms with Crippen molar-refractivity contribution in [2.45, 2.75) is 71.8 Å². The van der Waals surface area contributed by atoms with Gasteiger partial charge in [-0.05, 0) is 85.3 Å². The van der Waals surface area contributed by atoms with Gasteiger partial charge < -0.3 is 4.74 Å². The summed E-state index contributed by atoms with van der Waals surface area (Å²) in [5, 5.41) is 0. The molecule has 3 nitrogen and oxygen atoms in total. The summed E-state index contributed by atoms with van der Waals surface area (Å²) in [7, 11) is 0. The minimum Gasteiger partial charge on any atom is -0.463 e. The lowest BCUT2D eigenvalue weighted by atomic mass is 9.46. The van der Waals surface area contributed by atoms with Crippen molar-refractivity contribution in [1.82, 2.24) is 4.98 Å². The largest absolute Gasteiger partial charge is 0.463 e. The van der Waals surface area contributed by atoms with Crippen LogP contribution in [0.2, 0.25) is 0 Å². The lowest BCUT2D eigenvalue weighted by molar-refractivity contribution is -0.154. The Morgan fingerprint density at radius 3 is 2.76 bits per heavy atom. The molecule has 1 aromatic heterocycles. The topological polar surface area (TPSA) is 39.2 Å². The van der Waals surface area contributed by atoms with Crippen molar-refractivity contribution in [3.63, 3.8) is 0 Å². The van der Waals surface area contributed by atoms with Gasteiger partial charge in [0.1, 0.15) is 6.10 Å². The lowest BCUT2D eigenvalue weighted by Gasteiger charge is -2.59. The first-order valence-electron chi connectivity index (χ1n) is 11.4. The molecular weight excluding hydrogens is 358 g/mol. The van der Waals surface area contributed by atoms with Crippen molar-refractivity contribution in [3.05, 3.63) is 47.8 Å². The maximum absolute atomic E-state index is 11.4. The van der Waals surface area contributed by atoms with Crippen LogP contribution in [-0.4, -0.2) is 17.1 Å². The van der Waals surface area contributed by atoms with Crippen LogP contribution in [0.15, 0.2) is 42.3 Å². The van der Waals surface area contributed by atoms with Gasteiger partial charge in [0.25, 0.3) is 0 Å². The first-order chi connectivity index (χ1) is 13.9. The van der Waals surface area contributed by atoms with E-state index in [-0.39, 0.29) is 17.5 Å². The molecule has 5 rings (SSSR count). The molecular formula is C26H33NO2. The van der Waals surface area contributed by atoms with E-state index < -0.39 is 0 Å². The molecule has 1 aromatic rings. The highest BCUT2D eigenvalue weighted by molar-refractivity contribution is 5.78. The van der Waals surface area contributed by atoms with Crippen LogP contribution >= 0.6 is 0 Å². The zero-order valence-electron chi connectivity index (χ0n) is 18.0. The van der Waals surface area contributed by atoms with Gasteiger partial charge in [-0.15, -0.1) is 0 Å². The molecule has 4 aliphatic rings. The Bertz CT molecular complexity index is 872. The number of rotatable bonds is 2. The highest BCUT2D eigenvalue weighted by Gasteiger charge is 2.56. The fraction of sp³-hybridized carbons (Fsp3) is 0.615. The van der Waals surface area contributed by atoms with E-state index in [1.54, 1.807) is 12.5 Å². The SMILES string of the molecule is CC(=O)OC1CC[C@@]2(C)[C@@H](CC[C@H]3C4=CC=C(c5cccnc5)[C@@]4(C)CC[C@@H]32)C1. The Labute approximate surface area is 174 Å². The Morgan fingerprint density at radius 2 is 2.00 bits per heavy atom. The van der Waals surface area contributed by atoms with E-state index in [9.17, 15) is 4.79 Å². The van der Waals surface area contributed by atoms with Crippen molar-refractivity contribution in [2.24, 2.45) is 28.6 Å². The first-order valence-corrected chi connectivity index (χ1v) is 11.4. The minimum atomic E-state index is -0.120. The molecule has 154 valence electrons. The predicted molar refractivity (Wildman–Crippen MR) is 115 cm³/mol. The molecule has 3 heteroatoms. The highest BCUT2D eigenvalue weighted by atomic mass is 16.5. The van der Waals surface area contributed by atoms with E-state index in [1.165, 1.54) is 43.2 Å². The third-order valence-corrected chi connectivity index (χ3v) is 8.97. The fourth-order valence-corrected chi connectivity index (χ4v) is 7.49. The van der Waals surface area contributed by atoms with Crippen LogP contribution < -0.4 is 0 Å². The van der Waals surface area contributed by atoms with Gasteiger partial charge in [-0.2, -0.15) is 0 Å². The van der Waals surface area contributed by atoms with Gasteiger partial charge >= 0.3 is 5.97 Å². The van der Waals surface area contributed by atoms with Crippen molar-refractivity contribution >= 4 is 11.5 Å². The van der Waals surface area contributed by atoms with E-state index in [1.807, 2.05) is 12.4 Å². The van der Waals surface area contributed by atoms with Gasteiger partial charge in [0.05, 0.1) is 0 Å². The molecule has 0 radical (unpaired) electrons. The van der Waals surface area contributed by atoms with Crippen LogP contribution in [0.25, 0.3) is 5.57 Å². The van der Waals surface area contributed by atoms with Gasteiger partial charge in [0, 0.05) is 24.7 Å². The van der Waals surface area contributed by atoms with Crippen molar-refractivity contribution in [2.75, 3.05) is 0 Å². The minimum absolute atomic E-state index is 0.120. The van der Waals surface area contributed by atoms with Crippen LogP contribution in [0.1, 0.15) is 71.3 Å². The van der Waals surface area contributed by atoms with Crippen molar-refractivity contribution in [1.29, 1.82) is 0 Å². The normalized spacial score (nSPS) is 40.8. The first kappa shape index (κ1) is 19.1. The molecule has 29 heavy (non-hydrogen) atoms. The molecule has 0 spiro atoms. The second-order valence-corrected chi connectivity index (χ2v) is 10.3. The molecule has 0 amide bonds. The van der Waals surface area contributed by atoms with E-state index >= 15 is 0 Å². The number of allylic oxidation sites excluding steroid dienone is 4. The summed E-state index contributed by atoms with van der Waals surface area (Å²) in [5.74, 6) is 2.04. The molecule has 1 unspecified atom stereocenters. The monoisotopic (exact) mass is 391 g/mol. The Kier molecular flexibility index (Phi) is 4.49. The third-order valence-electron chi connectivity index (χ3n) is 8.97. The number of carbonyl (C=O) groups is 1. The summed E-state index contributed by atoms with van der Waals surface area (Å²) in [5.41, 5.74) is 4.97. The Hall–Kier alpha value is -1.90. The number of hydrogen-bond acceptors (Lipinski definition) is 3. The van der Waals surface area contributed by atoms with Gasteiger partial charge in [-0.25, -0.2) is 0 Å². The summed E-state index contributed by atoms with van der Waals surface area (Å²) in [4.78, 5) is 15.8. The van der Waals surface area contributed by atoms with E-state index in [4.69, 9.17) is 4.74 Å². The van der Waals surface area contributed by atoms with Gasteiger partial charge in [0.2, 0.25) is 0 Å². The molecule has 0 N–H and O–H groups in total. The second kappa shape index (κ2) is 6.82. The molecule has 4 aliphatic carbocycles. The summed E-state index contributed by atoms with van der Waals surface area (Å²) >= 11 is 0. The van der Waals surface area contributed by atoms with Gasteiger partial charge in [-0.3, -0.25) is 9.78 Å². The smallest absolute Gasteiger partial charge is 0.302 e. The Balaban J connectivity index is 1.38. The van der Waals surface area contributed by atoms with Crippen LogP contribution in [-0.2, 0) is 9.53 Å². The number of ether oxygens (including phenoxy) is 1. The molecule has 0 aromatic carbocycles. The second-order valence-electron chi connectivity index (χ2n) is 10.3. The van der Waals surface area contributed by atoms with Crippen LogP contribution in [0, 0.1) is 28.6 Å². The van der Waals surface area contributed by atoms with Gasteiger partial charge in [-0.1, -0.05) is 37.6 Å². The summed E-state index contributed by atoms with van der Waals surface area (Å²) in [6, 6.07) is 4.26. The summed E-state index contributed by atoms with van der Waals surface area (Å²) in [6.07, 6.45) is 17.2. The fourth-order valence-electron chi connectivity index (χ4n) is 7.49. The highest BCUT2D eigenvalue weighted by Crippen LogP contribution is 2.66. The summed E-state index contributed by atoms with van der Waals surface area (Å²) in [6.45, 7) is 6.56. The van der Waals surface area contributed by atoms with E-state index in [0.717, 1.165) is 18.8 Å².